The molecule has 1 unspecified atom stereocenters. The van der Waals surface area contributed by atoms with E-state index in [-0.39, 0.29) is 6.03 Å². The molecule has 2 aromatic rings. The molecule has 2 amide bonds. The van der Waals surface area contributed by atoms with E-state index in [2.05, 4.69) is 10.6 Å². The van der Waals surface area contributed by atoms with Gasteiger partial charge in [-0.25, -0.2) is 9.59 Å². The smallest absolute Gasteiger partial charge is 0.337 e. The van der Waals surface area contributed by atoms with E-state index >= 15 is 0 Å². The number of benzene rings is 2. The van der Waals surface area contributed by atoms with Crippen molar-refractivity contribution in [3.63, 3.8) is 0 Å². The van der Waals surface area contributed by atoms with Gasteiger partial charge in [-0.1, -0.05) is 42.0 Å². The topological polar surface area (TPSA) is 76.7 Å². The Bertz CT molecular complexity index is 870. The zero-order valence-electron chi connectivity index (χ0n) is 15.5. The van der Waals surface area contributed by atoms with Crippen LogP contribution in [0.3, 0.4) is 0 Å². The predicted octanol–water partition coefficient (Wildman–Crippen LogP) is 3.37. The van der Waals surface area contributed by atoms with E-state index < -0.39 is 12.0 Å². The van der Waals surface area contributed by atoms with Crippen molar-refractivity contribution in [3.05, 3.63) is 76.5 Å². The summed E-state index contributed by atoms with van der Waals surface area (Å²) in [5, 5.41) is 5.36. The number of allylic oxidation sites excluding steroid dienone is 1. The van der Waals surface area contributed by atoms with Gasteiger partial charge in [0, 0.05) is 5.70 Å². The SMILES string of the molecule is COC(=O)C1=C(C)NC(=O)NC1c1ccc(OCc2ccc(C)cc2)cc1. The Kier molecular flexibility index (Phi) is 5.45. The molecule has 27 heavy (non-hydrogen) atoms. The number of rotatable bonds is 5. The van der Waals surface area contributed by atoms with Crippen LogP contribution in [-0.2, 0) is 16.1 Å². The van der Waals surface area contributed by atoms with Gasteiger partial charge < -0.3 is 20.1 Å². The number of carbonyl (C=O) groups excluding carboxylic acids is 2. The van der Waals surface area contributed by atoms with Crippen LogP contribution >= 0.6 is 0 Å². The first-order valence-corrected chi connectivity index (χ1v) is 8.63. The number of nitrogens with one attached hydrogen (secondary N) is 2. The fourth-order valence-corrected chi connectivity index (χ4v) is 2.93. The lowest BCUT2D eigenvalue weighted by Gasteiger charge is -2.27. The zero-order chi connectivity index (χ0) is 19.4. The maximum atomic E-state index is 12.1. The number of aryl methyl sites for hydroxylation is 1. The molecule has 0 saturated heterocycles. The Morgan fingerprint density at radius 2 is 1.70 bits per heavy atom. The van der Waals surface area contributed by atoms with Gasteiger partial charge in [-0.3, -0.25) is 0 Å². The Hall–Kier alpha value is -3.28. The van der Waals surface area contributed by atoms with E-state index in [1.165, 1.54) is 12.7 Å². The summed E-state index contributed by atoms with van der Waals surface area (Å²) in [6.07, 6.45) is 0. The summed E-state index contributed by atoms with van der Waals surface area (Å²) >= 11 is 0. The molecule has 0 bridgehead atoms. The van der Waals surface area contributed by atoms with Crippen molar-refractivity contribution in [1.82, 2.24) is 10.6 Å². The largest absolute Gasteiger partial charge is 0.489 e. The molecule has 1 aliphatic rings. The average Bonchev–Trinajstić information content (AvgIpc) is 2.67. The number of urea groups is 1. The minimum atomic E-state index is -0.572. The molecule has 6 nitrogen and oxygen atoms in total. The highest BCUT2D eigenvalue weighted by atomic mass is 16.5. The third kappa shape index (κ3) is 4.28. The van der Waals surface area contributed by atoms with Crippen LogP contribution in [0.15, 0.2) is 59.8 Å². The van der Waals surface area contributed by atoms with Crippen molar-refractivity contribution in [2.45, 2.75) is 26.5 Å². The van der Waals surface area contributed by atoms with Crippen LogP contribution in [0.2, 0.25) is 0 Å². The van der Waals surface area contributed by atoms with Gasteiger partial charge in [0.1, 0.15) is 12.4 Å². The second kappa shape index (κ2) is 7.95. The van der Waals surface area contributed by atoms with E-state index in [9.17, 15) is 9.59 Å². The third-order valence-corrected chi connectivity index (χ3v) is 4.41. The summed E-state index contributed by atoms with van der Waals surface area (Å²) in [5.41, 5.74) is 3.92. The summed E-state index contributed by atoms with van der Waals surface area (Å²) in [6.45, 7) is 4.19. The van der Waals surface area contributed by atoms with Gasteiger partial charge in [0.05, 0.1) is 18.7 Å². The Balaban J connectivity index is 1.75. The average molecular weight is 366 g/mol. The van der Waals surface area contributed by atoms with Gasteiger partial charge in [-0.2, -0.15) is 0 Å². The number of carbonyl (C=O) groups is 2. The van der Waals surface area contributed by atoms with E-state index in [1.807, 2.05) is 55.5 Å². The van der Waals surface area contributed by atoms with E-state index in [1.54, 1.807) is 6.92 Å². The molecule has 0 fully saturated rings. The second-order valence-electron chi connectivity index (χ2n) is 6.41. The molecule has 0 aliphatic carbocycles. The van der Waals surface area contributed by atoms with Gasteiger partial charge in [0.2, 0.25) is 0 Å². The van der Waals surface area contributed by atoms with Gasteiger partial charge in [0.25, 0.3) is 0 Å². The third-order valence-electron chi connectivity index (χ3n) is 4.41. The van der Waals surface area contributed by atoms with Crippen LogP contribution in [0.4, 0.5) is 4.79 Å². The van der Waals surface area contributed by atoms with Crippen molar-refractivity contribution < 1.29 is 19.1 Å². The molecule has 2 aromatic carbocycles. The second-order valence-corrected chi connectivity index (χ2v) is 6.41. The van der Waals surface area contributed by atoms with E-state index in [4.69, 9.17) is 9.47 Å². The molecule has 1 aliphatic heterocycles. The maximum absolute atomic E-state index is 12.1. The minimum absolute atomic E-state index is 0.357. The standard InChI is InChI=1S/C21H22N2O4/c1-13-4-6-15(7-5-13)12-27-17-10-8-16(9-11-17)19-18(20(24)26-3)14(2)22-21(25)23-19/h4-11,19H,12H2,1-3H3,(H2,22,23,25). The molecule has 0 saturated carbocycles. The number of hydrogen-bond acceptors (Lipinski definition) is 4. The molecule has 0 aromatic heterocycles. The maximum Gasteiger partial charge on any atom is 0.337 e. The monoisotopic (exact) mass is 366 g/mol. The van der Waals surface area contributed by atoms with Crippen LogP contribution in [-0.4, -0.2) is 19.1 Å². The van der Waals surface area contributed by atoms with Gasteiger partial charge in [0.15, 0.2) is 0 Å². The molecule has 0 radical (unpaired) electrons. The highest BCUT2D eigenvalue weighted by molar-refractivity contribution is 5.94. The minimum Gasteiger partial charge on any atom is -0.489 e. The Morgan fingerprint density at radius 1 is 1.04 bits per heavy atom. The number of hydrogen-bond donors (Lipinski definition) is 2. The first-order valence-electron chi connectivity index (χ1n) is 8.63. The molecule has 3 rings (SSSR count). The molecule has 140 valence electrons. The molecule has 6 heteroatoms. The normalized spacial score (nSPS) is 16.4. The summed E-state index contributed by atoms with van der Waals surface area (Å²) < 4.78 is 10.7. The van der Waals surface area contributed by atoms with Crippen molar-refractivity contribution in [3.8, 4) is 5.75 Å². The predicted molar refractivity (Wildman–Crippen MR) is 101 cm³/mol. The molecular formula is C21H22N2O4. The Morgan fingerprint density at radius 3 is 2.33 bits per heavy atom. The number of methoxy groups -OCH3 is 1. The Labute approximate surface area is 158 Å². The van der Waals surface area contributed by atoms with Crippen molar-refractivity contribution in [2.75, 3.05) is 7.11 Å². The van der Waals surface area contributed by atoms with Gasteiger partial charge in [-0.05, 0) is 37.1 Å². The molecule has 2 N–H and O–H groups in total. The fraction of sp³-hybridized carbons (Fsp3) is 0.238. The number of ether oxygens (including phenoxy) is 2. The zero-order valence-corrected chi connectivity index (χ0v) is 15.5. The summed E-state index contributed by atoms with van der Waals surface area (Å²) in [4.78, 5) is 24.0. The van der Waals surface area contributed by atoms with Crippen LogP contribution in [0.5, 0.6) is 5.75 Å². The van der Waals surface area contributed by atoms with Crippen LogP contribution in [0.25, 0.3) is 0 Å². The number of esters is 1. The van der Waals surface area contributed by atoms with Crippen LogP contribution < -0.4 is 15.4 Å². The first kappa shape index (κ1) is 18.5. The lowest BCUT2D eigenvalue weighted by Crippen LogP contribution is -2.45. The van der Waals surface area contributed by atoms with E-state index in [0.29, 0.717) is 23.6 Å². The van der Waals surface area contributed by atoms with Crippen LogP contribution in [0, 0.1) is 6.92 Å². The van der Waals surface area contributed by atoms with Gasteiger partial charge in [-0.15, -0.1) is 0 Å². The summed E-state index contributed by atoms with van der Waals surface area (Å²) in [5.74, 6) is 0.226. The van der Waals surface area contributed by atoms with E-state index in [0.717, 1.165) is 11.1 Å². The number of amides is 2. The van der Waals surface area contributed by atoms with Crippen molar-refractivity contribution in [1.29, 1.82) is 0 Å². The molecular weight excluding hydrogens is 344 g/mol. The lowest BCUT2D eigenvalue weighted by atomic mass is 9.95. The summed E-state index contributed by atoms with van der Waals surface area (Å²) in [6, 6.07) is 14.5. The highest BCUT2D eigenvalue weighted by Crippen LogP contribution is 2.28. The van der Waals surface area contributed by atoms with Crippen molar-refractivity contribution >= 4 is 12.0 Å². The lowest BCUT2D eigenvalue weighted by molar-refractivity contribution is -0.136. The first-order chi connectivity index (χ1) is 13.0. The fourth-order valence-electron chi connectivity index (χ4n) is 2.93. The quantitative estimate of drug-likeness (QED) is 0.796. The molecule has 1 atom stereocenters. The molecule has 1 heterocycles. The van der Waals surface area contributed by atoms with Gasteiger partial charge >= 0.3 is 12.0 Å². The molecule has 0 spiro atoms. The highest BCUT2D eigenvalue weighted by Gasteiger charge is 2.31. The van der Waals surface area contributed by atoms with Crippen molar-refractivity contribution in [2.24, 2.45) is 0 Å². The van der Waals surface area contributed by atoms with Crippen LogP contribution in [0.1, 0.15) is 29.7 Å². The summed E-state index contributed by atoms with van der Waals surface area (Å²) in [7, 11) is 1.32.